The van der Waals surface area contributed by atoms with Crippen LogP contribution in [0.5, 0.6) is 0 Å². The molecule has 1 aromatic rings. The number of benzene rings is 1. The molecule has 168 valence electrons. The van der Waals surface area contributed by atoms with Crippen molar-refractivity contribution in [3.8, 4) is 0 Å². The molecule has 1 aromatic carbocycles. The van der Waals surface area contributed by atoms with Gasteiger partial charge in [0.1, 0.15) is 5.54 Å². The number of carbonyl (C=O) groups excluding carboxylic acids is 1. The topological polar surface area (TPSA) is 41.1 Å². The molecule has 2 aliphatic rings. The van der Waals surface area contributed by atoms with Crippen LogP contribution in [0.1, 0.15) is 65.4 Å². The van der Waals surface area contributed by atoms with Crippen molar-refractivity contribution in [3.05, 3.63) is 29.8 Å². The summed E-state index contributed by atoms with van der Waals surface area (Å²) in [5, 5.41) is 3.28. The Labute approximate surface area is 182 Å². The molecule has 30 heavy (non-hydrogen) atoms. The lowest BCUT2D eigenvalue weighted by Crippen LogP contribution is -2.58. The van der Waals surface area contributed by atoms with Gasteiger partial charge in [-0.3, -0.25) is 4.79 Å². The van der Waals surface area contributed by atoms with E-state index >= 15 is 0 Å². The summed E-state index contributed by atoms with van der Waals surface area (Å²) >= 11 is 0.865. The summed E-state index contributed by atoms with van der Waals surface area (Å²) in [5.74, 6) is 2.26. The average molecular weight is 443 g/mol. The Hall–Kier alpha value is -1.21. The molecule has 3 nitrogen and oxygen atoms in total. The van der Waals surface area contributed by atoms with E-state index in [4.69, 9.17) is 0 Å². The fourth-order valence-electron chi connectivity index (χ4n) is 5.25. The molecule has 0 aromatic heterocycles. The van der Waals surface area contributed by atoms with Crippen molar-refractivity contribution < 1.29 is 18.0 Å². The quantitative estimate of drug-likeness (QED) is 0.527. The number of alkyl halides is 3. The molecule has 1 amide bonds. The minimum absolute atomic E-state index is 0.0684. The molecule has 7 heteroatoms. The van der Waals surface area contributed by atoms with Crippen molar-refractivity contribution >= 4 is 17.9 Å². The highest BCUT2D eigenvalue weighted by Crippen LogP contribution is 2.46. The van der Waals surface area contributed by atoms with E-state index in [0.717, 1.165) is 43.2 Å². The van der Waals surface area contributed by atoms with Crippen LogP contribution in [-0.2, 0) is 11.0 Å². The molecule has 2 aliphatic carbocycles. The summed E-state index contributed by atoms with van der Waals surface area (Å²) in [4.78, 5) is 13.2. The molecule has 2 bridgehead atoms. The van der Waals surface area contributed by atoms with Crippen molar-refractivity contribution in [2.75, 3.05) is 0 Å². The van der Waals surface area contributed by atoms with Crippen LogP contribution in [0.15, 0.2) is 29.2 Å². The van der Waals surface area contributed by atoms with Gasteiger partial charge in [-0.2, -0.15) is 13.2 Å². The second kappa shape index (κ2) is 9.11. The van der Waals surface area contributed by atoms with Gasteiger partial charge < -0.3 is 5.32 Å². The van der Waals surface area contributed by atoms with Crippen LogP contribution in [0.2, 0.25) is 0 Å². The van der Waals surface area contributed by atoms with Gasteiger partial charge in [-0.1, -0.05) is 32.4 Å². The predicted octanol–water partition coefficient (Wildman–Crippen LogP) is 6.05. The van der Waals surface area contributed by atoms with E-state index in [1.54, 1.807) is 19.9 Å². The Morgan fingerprint density at radius 3 is 2.50 bits per heavy atom. The number of hydrogen-bond donors (Lipinski definition) is 2. The van der Waals surface area contributed by atoms with Gasteiger partial charge in [0, 0.05) is 10.9 Å². The van der Waals surface area contributed by atoms with Crippen LogP contribution >= 0.6 is 11.9 Å². The molecule has 3 rings (SSSR count). The summed E-state index contributed by atoms with van der Waals surface area (Å²) in [7, 11) is 0. The first-order valence-electron chi connectivity index (χ1n) is 10.9. The van der Waals surface area contributed by atoms with E-state index in [0.29, 0.717) is 17.8 Å². The number of halogens is 3. The van der Waals surface area contributed by atoms with Crippen molar-refractivity contribution in [1.29, 1.82) is 0 Å². The first-order chi connectivity index (χ1) is 14.0. The highest BCUT2D eigenvalue weighted by atomic mass is 32.2. The Morgan fingerprint density at radius 2 is 1.83 bits per heavy atom. The largest absolute Gasteiger partial charge is 0.417 e. The summed E-state index contributed by atoms with van der Waals surface area (Å²) in [5.41, 5.74) is -1.70. The number of nitrogens with one attached hydrogen (secondary N) is 2. The maximum Gasteiger partial charge on any atom is 0.417 e. The van der Waals surface area contributed by atoms with Gasteiger partial charge in [0.25, 0.3) is 0 Å². The Morgan fingerprint density at radius 1 is 1.13 bits per heavy atom. The zero-order chi connectivity index (χ0) is 22.1. The van der Waals surface area contributed by atoms with Crippen molar-refractivity contribution in [2.45, 2.75) is 82.5 Å². The number of carbonyl (C=O) groups is 1. The molecule has 0 saturated heterocycles. The van der Waals surface area contributed by atoms with Gasteiger partial charge >= 0.3 is 6.18 Å². The second-order valence-corrected chi connectivity index (χ2v) is 10.5. The molecule has 2 fully saturated rings. The van der Waals surface area contributed by atoms with E-state index < -0.39 is 17.3 Å². The van der Waals surface area contributed by atoms with Gasteiger partial charge in [-0.05, 0) is 87.3 Å². The lowest BCUT2D eigenvalue weighted by atomic mass is 9.62. The normalized spacial score (nSPS) is 29.5. The van der Waals surface area contributed by atoms with Gasteiger partial charge in [-0.25, -0.2) is 4.72 Å². The molecular formula is C23H33F3N2OS. The molecule has 5 unspecified atom stereocenters. The third-order valence-electron chi connectivity index (χ3n) is 6.73. The molecular weight excluding hydrogens is 409 g/mol. The van der Waals surface area contributed by atoms with Gasteiger partial charge in [-0.15, -0.1) is 0 Å². The van der Waals surface area contributed by atoms with E-state index in [2.05, 4.69) is 23.9 Å². The molecule has 5 atom stereocenters. The Balaban J connectivity index is 1.67. The first-order valence-corrected chi connectivity index (χ1v) is 11.7. The second-order valence-electron chi connectivity index (χ2n) is 9.66. The van der Waals surface area contributed by atoms with E-state index in [9.17, 15) is 18.0 Å². The van der Waals surface area contributed by atoms with Crippen LogP contribution in [0.3, 0.4) is 0 Å². The lowest BCUT2D eigenvalue weighted by Gasteiger charge is -2.48. The number of rotatable bonds is 6. The first kappa shape index (κ1) is 23.5. The van der Waals surface area contributed by atoms with Crippen LogP contribution in [0, 0.1) is 23.7 Å². The van der Waals surface area contributed by atoms with Gasteiger partial charge in [0.15, 0.2) is 0 Å². The smallest absolute Gasteiger partial charge is 0.351 e. The minimum atomic E-state index is -4.43. The summed E-state index contributed by atoms with van der Waals surface area (Å²) in [6.45, 7) is 7.93. The van der Waals surface area contributed by atoms with Crippen molar-refractivity contribution in [1.82, 2.24) is 10.0 Å². The fourth-order valence-corrected chi connectivity index (χ4v) is 6.15. The van der Waals surface area contributed by atoms with Crippen molar-refractivity contribution in [3.63, 3.8) is 0 Å². The maximum absolute atomic E-state index is 13.2. The van der Waals surface area contributed by atoms with Crippen LogP contribution < -0.4 is 10.0 Å². The average Bonchev–Trinajstić information content (AvgIpc) is 2.67. The van der Waals surface area contributed by atoms with Crippen LogP contribution in [0.25, 0.3) is 0 Å². The predicted molar refractivity (Wildman–Crippen MR) is 115 cm³/mol. The maximum atomic E-state index is 13.2. The monoisotopic (exact) mass is 442 g/mol. The highest BCUT2D eigenvalue weighted by Gasteiger charge is 2.43. The van der Waals surface area contributed by atoms with Crippen LogP contribution in [-0.4, -0.2) is 17.5 Å². The van der Waals surface area contributed by atoms with Gasteiger partial charge in [0.05, 0.1) is 5.56 Å². The molecule has 0 spiro atoms. The fraction of sp³-hybridized carbons (Fsp3) is 0.696. The number of amides is 1. The van der Waals surface area contributed by atoms with E-state index in [1.165, 1.54) is 25.0 Å². The van der Waals surface area contributed by atoms with E-state index in [1.807, 2.05) is 0 Å². The number of hydrogen-bond acceptors (Lipinski definition) is 3. The zero-order valence-corrected chi connectivity index (χ0v) is 19.0. The molecule has 2 N–H and O–H groups in total. The summed E-state index contributed by atoms with van der Waals surface area (Å²) in [6.07, 6.45) is 1.36. The van der Waals surface area contributed by atoms with Gasteiger partial charge in [0.2, 0.25) is 5.91 Å². The van der Waals surface area contributed by atoms with Crippen molar-refractivity contribution in [2.24, 2.45) is 23.7 Å². The summed E-state index contributed by atoms with van der Waals surface area (Å²) < 4.78 is 42.7. The zero-order valence-electron chi connectivity index (χ0n) is 18.2. The molecule has 2 saturated carbocycles. The standard InChI is InChI=1S/C23H33F3N2OS/c1-5-16-12-15-10-14(2)11-17(13-15)20(16)27-21(29)22(3,4)28-30-19-9-7-6-8-18(19)23(24,25)26/h6-9,14-17,20,28H,5,10-13H2,1-4H3,(H,27,29). The Kier molecular flexibility index (Phi) is 7.12. The van der Waals surface area contributed by atoms with Crippen LogP contribution in [0.4, 0.5) is 13.2 Å². The number of fused-ring (bicyclic) bond motifs is 2. The lowest BCUT2D eigenvalue weighted by molar-refractivity contribution is -0.139. The highest BCUT2D eigenvalue weighted by molar-refractivity contribution is 7.97. The third kappa shape index (κ3) is 5.34. The minimum Gasteiger partial charge on any atom is -0.351 e. The van der Waals surface area contributed by atoms with E-state index in [-0.39, 0.29) is 16.8 Å². The SMILES string of the molecule is CCC1CC2CC(C)CC(C2)C1NC(=O)C(C)(C)NSc1ccccc1C(F)(F)F. The molecule has 0 aliphatic heterocycles. The third-order valence-corrected chi connectivity index (χ3v) is 7.92. The summed E-state index contributed by atoms with van der Waals surface area (Å²) in [6, 6.07) is 5.57. The Bertz CT molecular complexity index is 750. The molecule has 0 radical (unpaired) electrons. The molecule has 0 heterocycles.